The SMILES string of the molecule is CCc1ccc(N2Cc3nc(N4CCOCC4)ncc3C2=O)cc1. The standard InChI is InChI=1S/C18H20N4O2/c1-2-13-3-5-14(6-4-13)22-12-16-15(17(22)23)11-19-18(20-16)21-7-9-24-10-8-21/h3-6,11H,2,7-10,12H2,1H3. The summed E-state index contributed by atoms with van der Waals surface area (Å²) in [5.74, 6) is 0.663. The number of rotatable bonds is 3. The molecule has 0 aliphatic carbocycles. The van der Waals surface area contributed by atoms with Crippen molar-refractivity contribution in [3.63, 3.8) is 0 Å². The average molecular weight is 324 g/mol. The molecule has 0 saturated carbocycles. The number of carbonyl (C=O) groups excluding carboxylic acids is 1. The van der Waals surface area contributed by atoms with E-state index in [1.54, 1.807) is 11.1 Å². The molecule has 124 valence electrons. The summed E-state index contributed by atoms with van der Waals surface area (Å²) < 4.78 is 5.37. The van der Waals surface area contributed by atoms with Crippen LogP contribution >= 0.6 is 0 Å². The maximum absolute atomic E-state index is 12.7. The number of ether oxygens (including phenoxy) is 1. The molecule has 1 amide bonds. The first-order valence-electron chi connectivity index (χ1n) is 8.35. The molecule has 1 saturated heterocycles. The normalized spacial score (nSPS) is 17.3. The van der Waals surface area contributed by atoms with Crippen LogP contribution in [0.2, 0.25) is 0 Å². The van der Waals surface area contributed by atoms with Crippen molar-refractivity contribution in [2.75, 3.05) is 36.1 Å². The third-order valence-corrected chi connectivity index (χ3v) is 4.59. The van der Waals surface area contributed by atoms with Crippen molar-refractivity contribution >= 4 is 17.5 Å². The second-order valence-electron chi connectivity index (χ2n) is 6.04. The summed E-state index contributed by atoms with van der Waals surface area (Å²) in [5.41, 5.74) is 3.57. The number of amides is 1. The van der Waals surface area contributed by atoms with Crippen molar-refractivity contribution in [3.8, 4) is 0 Å². The minimum atomic E-state index is -0.0252. The van der Waals surface area contributed by atoms with Crippen molar-refractivity contribution in [3.05, 3.63) is 47.3 Å². The van der Waals surface area contributed by atoms with Gasteiger partial charge >= 0.3 is 0 Å². The van der Waals surface area contributed by atoms with Gasteiger partial charge in [-0.1, -0.05) is 19.1 Å². The fraction of sp³-hybridized carbons (Fsp3) is 0.389. The number of hydrogen-bond acceptors (Lipinski definition) is 5. The maximum Gasteiger partial charge on any atom is 0.262 e. The highest BCUT2D eigenvalue weighted by Gasteiger charge is 2.31. The summed E-state index contributed by atoms with van der Waals surface area (Å²) in [6.07, 6.45) is 2.65. The van der Waals surface area contributed by atoms with E-state index in [1.165, 1.54) is 5.56 Å². The number of hydrogen-bond donors (Lipinski definition) is 0. The molecular weight excluding hydrogens is 304 g/mol. The molecule has 4 rings (SSSR count). The van der Waals surface area contributed by atoms with Crippen molar-refractivity contribution in [1.82, 2.24) is 9.97 Å². The van der Waals surface area contributed by atoms with Crippen molar-refractivity contribution in [2.24, 2.45) is 0 Å². The molecule has 1 aromatic heterocycles. The maximum atomic E-state index is 12.7. The van der Waals surface area contributed by atoms with Crippen LogP contribution in [0.1, 0.15) is 28.5 Å². The van der Waals surface area contributed by atoms with Gasteiger partial charge in [0.05, 0.1) is 31.0 Å². The second-order valence-corrected chi connectivity index (χ2v) is 6.04. The first-order chi connectivity index (χ1) is 11.8. The Morgan fingerprint density at radius 3 is 2.62 bits per heavy atom. The molecule has 2 aromatic rings. The highest BCUT2D eigenvalue weighted by Crippen LogP contribution is 2.28. The van der Waals surface area contributed by atoms with Gasteiger partial charge in [0.25, 0.3) is 5.91 Å². The molecule has 0 unspecified atom stereocenters. The van der Waals surface area contributed by atoms with Crippen LogP contribution in [0.4, 0.5) is 11.6 Å². The van der Waals surface area contributed by atoms with E-state index in [-0.39, 0.29) is 5.91 Å². The molecule has 6 nitrogen and oxygen atoms in total. The van der Waals surface area contributed by atoms with Gasteiger partial charge in [-0.05, 0) is 24.1 Å². The Kier molecular flexibility index (Phi) is 3.90. The lowest BCUT2D eigenvalue weighted by atomic mass is 10.1. The number of aryl methyl sites for hydroxylation is 1. The fourth-order valence-electron chi connectivity index (χ4n) is 3.11. The molecule has 0 radical (unpaired) electrons. The van der Waals surface area contributed by atoms with Gasteiger partial charge in [-0.3, -0.25) is 4.79 Å². The zero-order valence-electron chi connectivity index (χ0n) is 13.7. The molecule has 0 atom stereocenters. The summed E-state index contributed by atoms with van der Waals surface area (Å²) in [7, 11) is 0. The molecule has 1 aromatic carbocycles. The number of aromatic nitrogens is 2. The largest absolute Gasteiger partial charge is 0.378 e. The van der Waals surface area contributed by atoms with Crippen LogP contribution in [0.15, 0.2) is 30.5 Å². The number of benzene rings is 1. The highest BCUT2D eigenvalue weighted by molar-refractivity contribution is 6.09. The predicted octanol–water partition coefficient (Wildman–Crippen LogP) is 2.04. The van der Waals surface area contributed by atoms with E-state index in [0.29, 0.717) is 31.3 Å². The Hall–Kier alpha value is -2.47. The molecule has 3 heterocycles. The highest BCUT2D eigenvalue weighted by atomic mass is 16.5. The summed E-state index contributed by atoms with van der Waals surface area (Å²) in [6.45, 7) is 5.57. The number of carbonyl (C=O) groups is 1. The lowest BCUT2D eigenvalue weighted by molar-refractivity contribution is 0.0996. The Balaban J connectivity index is 1.59. The summed E-state index contributed by atoms with van der Waals surface area (Å²) in [6, 6.07) is 8.13. The molecule has 0 spiro atoms. The van der Waals surface area contributed by atoms with Crippen LogP contribution in [0.25, 0.3) is 0 Å². The van der Waals surface area contributed by atoms with Gasteiger partial charge in [0.1, 0.15) is 0 Å². The molecule has 2 aliphatic rings. The molecule has 6 heteroatoms. The van der Waals surface area contributed by atoms with Gasteiger partial charge in [0.15, 0.2) is 0 Å². The zero-order chi connectivity index (χ0) is 16.5. The Labute approximate surface area is 141 Å². The monoisotopic (exact) mass is 324 g/mol. The van der Waals surface area contributed by atoms with E-state index in [1.807, 2.05) is 12.1 Å². The molecule has 0 N–H and O–H groups in total. The van der Waals surface area contributed by atoms with Crippen molar-refractivity contribution < 1.29 is 9.53 Å². The molecule has 0 bridgehead atoms. The number of anilines is 2. The lowest BCUT2D eigenvalue weighted by Gasteiger charge is -2.26. The fourth-order valence-corrected chi connectivity index (χ4v) is 3.11. The lowest BCUT2D eigenvalue weighted by Crippen LogP contribution is -2.37. The van der Waals surface area contributed by atoms with E-state index < -0.39 is 0 Å². The minimum Gasteiger partial charge on any atom is -0.378 e. The van der Waals surface area contributed by atoms with E-state index in [0.717, 1.165) is 30.9 Å². The third-order valence-electron chi connectivity index (χ3n) is 4.59. The van der Waals surface area contributed by atoms with E-state index >= 15 is 0 Å². The van der Waals surface area contributed by atoms with Gasteiger partial charge in [0.2, 0.25) is 5.95 Å². The second kappa shape index (κ2) is 6.20. The van der Waals surface area contributed by atoms with E-state index in [2.05, 4.69) is 33.9 Å². The number of morpholine rings is 1. The minimum absolute atomic E-state index is 0.0252. The van der Waals surface area contributed by atoms with Crippen LogP contribution in [-0.4, -0.2) is 42.2 Å². The zero-order valence-corrected chi connectivity index (χ0v) is 13.7. The van der Waals surface area contributed by atoms with Gasteiger partial charge in [-0.15, -0.1) is 0 Å². The van der Waals surface area contributed by atoms with Crippen LogP contribution in [0.3, 0.4) is 0 Å². The van der Waals surface area contributed by atoms with Crippen molar-refractivity contribution in [1.29, 1.82) is 0 Å². The topological polar surface area (TPSA) is 58.6 Å². The number of nitrogens with zero attached hydrogens (tertiary/aromatic N) is 4. The first-order valence-corrected chi connectivity index (χ1v) is 8.35. The Bertz CT molecular complexity index is 754. The van der Waals surface area contributed by atoms with Crippen LogP contribution in [0, 0.1) is 0 Å². The van der Waals surface area contributed by atoms with Gasteiger partial charge in [-0.25, -0.2) is 9.97 Å². The summed E-state index contributed by atoms with van der Waals surface area (Å²) in [4.78, 5) is 25.5. The van der Waals surface area contributed by atoms with Crippen LogP contribution in [-0.2, 0) is 17.7 Å². The Morgan fingerprint density at radius 2 is 1.92 bits per heavy atom. The first kappa shape index (κ1) is 15.1. The molecule has 2 aliphatic heterocycles. The molecule has 24 heavy (non-hydrogen) atoms. The van der Waals surface area contributed by atoms with E-state index in [9.17, 15) is 4.79 Å². The van der Waals surface area contributed by atoms with Gasteiger partial charge in [0, 0.05) is 25.0 Å². The number of fused-ring (bicyclic) bond motifs is 1. The smallest absolute Gasteiger partial charge is 0.262 e. The average Bonchev–Trinajstić information content (AvgIpc) is 2.99. The predicted molar refractivity (Wildman–Crippen MR) is 91.4 cm³/mol. The molecular formula is C18H20N4O2. The van der Waals surface area contributed by atoms with Crippen LogP contribution in [0.5, 0.6) is 0 Å². The van der Waals surface area contributed by atoms with Crippen LogP contribution < -0.4 is 9.80 Å². The third kappa shape index (κ3) is 2.63. The summed E-state index contributed by atoms with van der Waals surface area (Å²) >= 11 is 0. The Morgan fingerprint density at radius 1 is 1.17 bits per heavy atom. The van der Waals surface area contributed by atoms with Crippen molar-refractivity contribution in [2.45, 2.75) is 19.9 Å². The quantitative estimate of drug-likeness (QED) is 0.865. The van der Waals surface area contributed by atoms with Gasteiger partial charge < -0.3 is 14.5 Å². The van der Waals surface area contributed by atoms with Gasteiger partial charge in [-0.2, -0.15) is 0 Å². The summed E-state index contributed by atoms with van der Waals surface area (Å²) in [5, 5.41) is 0. The molecule has 1 fully saturated rings. The van der Waals surface area contributed by atoms with E-state index in [4.69, 9.17) is 4.74 Å².